The van der Waals surface area contributed by atoms with E-state index in [-0.39, 0.29) is 0 Å². The van der Waals surface area contributed by atoms with Crippen molar-refractivity contribution in [1.29, 1.82) is 0 Å². The van der Waals surface area contributed by atoms with Crippen molar-refractivity contribution in [2.75, 3.05) is 0 Å². The molecule has 8 aromatic carbocycles. The van der Waals surface area contributed by atoms with Crippen molar-refractivity contribution in [3.63, 3.8) is 0 Å². The molecule has 276 valence electrons. The number of aromatic nitrogens is 3. The van der Waals surface area contributed by atoms with E-state index in [0.29, 0.717) is 5.82 Å². The van der Waals surface area contributed by atoms with Crippen LogP contribution in [0.5, 0.6) is 0 Å². The molecule has 0 fully saturated rings. The molecule has 0 saturated heterocycles. The molecular formula is C55H35N3O. The van der Waals surface area contributed by atoms with E-state index in [1.54, 1.807) is 0 Å². The summed E-state index contributed by atoms with van der Waals surface area (Å²) >= 11 is 0. The predicted octanol–water partition coefficient (Wildman–Crippen LogP) is 14.6. The number of hydrogen-bond donors (Lipinski definition) is 0. The van der Waals surface area contributed by atoms with Crippen LogP contribution in [0.4, 0.5) is 0 Å². The second-order valence-corrected chi connectivity index (χ2v) is 14.8. The molecule has 4 heteroatoms. The SMILES string of the molecule is c1ccc(-c2ccc(-c3cc(-c4ccccc4)nc(-c4cccc(-c5cccc(-c6cccc7c6nc(-c6ccccc6)c6oc8ccccc8c67)c5)c4)n3)cc2)cc1. The molecule has 3 aromatic heterocycles. The van der Waals surface area contributed by atoms with Gasteiger partial charge in [-0.1, -0.05) is 188 Å². The number of benzene rings is 8. The molecule has 0 aliphatic rings. The van der Waals surface area contributed by atoms with Crippen LogP contribution >= 0.6 is 0 Å². The zero-order chi connectivity index (χ0) is 39.1. The largest absolute Gasteiger partial charge is 0.454 e. The third kappa shape index (κ3) is 6.34. The van der Waals surface area contributed by atoms with Crippen LogP contribution in [0.3, 0.4) is 0 Å². The predicted molar refractivity (Wildman–Crippen MR) is 243 cm³/mol. The van der Waals surface area contributed by atoms with E-state index in [1.165, 1.54) is 11.1 Å². The second-order valence-electron chi connectivity index (χ2n) is 14.8. The van der Waals surface area contributed by atoms with Gasteiger partial charge >= 0.3 is 0 Å². The Morgan fingerprint density at radius 3 is 1.53 bits per heavy atom. The maximum atomic E-state index is 6.53. The fourth-order valence-electron chi connectivity index (χ4n) is 8.18. The molecule has 0 aliphatic heterocycles. The molecule has 3 heterocycles. The van der Waals surface area contributed by atoms with Crippen LogP contribution < -0.4 is 0 Å². The third-order valence-corrected chi connectivity index (χ3v) is 11.1. The van der Waals surface area contributed by atoms with Crippen molar-refractivity contribution in [2.45, 2.75) is 0 Å². The minimum Gasteiger partial charge on any atom is -0.454 e. The van der Waals surface area contributed by atoms with Crippen molar-refractivity contribution in [3.05, 3.63) is 212 Å². The van der Waals surface area contributed by atoms with Gasteiger partial charge in [-0.25, -0.2) is 15.0 Å². The van der Waals surface area contributed by atoms with Crippen LogP contribution in [-0.2, 0) is 0 Å². The van der Waals surface area contributed by atoms with E-state index in [0.717, 1.165) is 94.4 Å². The molecule has 0 unspecified atom stereocenters. The summed E-state index contributed by atoms with van der Waals surface area (Å²) in [6.07, 6.45) is 0. The summed E-state index contributed by atoms with van der Waals surface area (Å²) in [4.78, 5) is 15.7. The van der Waals surface area contributed by atoms with Gasteiger partial charge in [0, 0.05) is 44.0 Å². The molecule has 0 amide bonds. The molecule has 11 rings (SSSR count). The number of hydrogen-bond acceptors (Lipinski definition) is 4. The molecular weight excluding hydrogens is 719 g/mol. The highest BCUT2D eigenvalue weighted by molar-refractivity contribution is 6.22. The van der Waals surface area contributed by atoms with Gasteiger partial charge in [-0.15, -0.1) is 0 Å². The summed E-state index contributed by atoms with van der Waals surface area (Å²) in [5.41, 5.74) is 15.9. The van der Waals surface area contributed by atoms with Crippen molar-refractivity contribution in [1.82, 2.24) is 15.0 Å². The highest BCUT2D eigenvalue weighted by Gasteiger charge is 2.20. The zero-order valence-corrected chi connectivity index (χ0v) is 32.0. The average Bonchev–Trinajstić information content (AvgIpc) is 3.72. The van der Waals surface area contributed by atoms with Gasteiger partial charge in [-0.05, 0) is 52.1 Å². The lowest BCUT2D eigenvalue weighted by atomic mass is 9.95. The number of furan rings is 1. The minimum atomic E-state index is 0.676. The molecule has 0 spiro atoms. The van der Waals surface area contributed by atoms with Gasteiger partial charge in [0.25, 0.3) is 0 Å². The molecule has 0 atom stereocenters. The number of para-hydroxylation sites is 2. The molecule has 4 nitrogen and oxygen atoms in total. The van der Waals surface area contributed by atoms with Crippen molar-refractivity contribution in [2.24, 2.45) is 0 Å². The Kier molecular flexibility index (Phi) is 8.45. The monoisotopic (exact) mass is 753 g/mol. The minimum absolute atomic E-state index is 0.676. The average molecular weight is 754 g/mol. The molecule has 59 heavy (non-hydrogen) atoms. The molecule has 0 aliphatic carbocycles. The summed E-state index contributed by atoms with van der Waals surface area (Å²) in [6.45, 7) is 0. The lowest BCUT2D eigenvalue weighted by Gasteiger charge is -2.13. The van der Waals surface area contributed by atoms with Crippen molar-refractivity contribution < 1.29 is 4.42 Å². The van der Waals surface area contributed by atoms with Crippen molar-refractivity contribution >= 4 is 32.8 Å². The Bertz CT molecular complexity index is 3300. The Balaban J connectivity index is 1.01. The normalized spacial score (nSPS) is 11.4. The Labute approximate surface area is 341 Å². The lowest BCUT2D eigenvalue weighted by Crippen LogP contribution is -1.96. The van der Waals surface area contributed by atoms with Gasteiger partial charge in [0.15, 0.2) is 11.4 Å². The number of fused-ring (bicyclic) bond motifs is 5. The van der Waals surface area contributed by atoms with Crippen LogP contribution in [0.15, 0.2) is 217 Å². The van der Waals surface area contributed by atoms with E-state index in [1.807, 2.05) is 54.6 Å². The van der Waals surface area contributed by atoms with Crippen LogP contribution in [0, 0.1) is 0 Å². The summed E-state index contributed by atoms with van der Waals surface area (Å²) in [7, 11) is 0. The van der Waals surface area contributed by atoms with Gasteiger partial charge in [0.05, 0.1) is 16.9 Å². The second kappa shape index (κ2) is 14.5. The van der Waals surface area contributed by atoms with E-state index < -0.39 is 0 Å². The molecule has 0 bridgehead atoms. The van der Waals surface area contributed by atoms with Crippen LogP contribution in [0.1, 0.15) is 0 Å². The topological polar surface area (TPSA) is 51.8 Å². The quantitative estimate of drug-likeness (QED) is 0.163. The van der Waals surface area contributed by atoms with Gasteiger partial charge in [0.1, 0.15) is 11.3 Å². The van der Waals surface area contributed by atoms with E-state index in [2.05, 4.69) is 158 Å². The van der Waals surface area contributed by atoms with Gasteiger partial charge < -0.3 is 4.42 Å². The smallest absolute Gasteiger partial charge is 0.162 e. The van der Waals surface area contributed by atoms with Gasteiger partial charge in [-0.3, -0.25) is 0 Å². The first kappa shape index (κ1) is 34.3. The van der Waals surface area contributed by atoms with E-state index in [9.17, 15) is 0 Å². The third-order valence-electron chi connectivity index (χ3n) is 11.1. The number of pyridine rings is 1. The Hall–Kier alpha value is -7.95. The molecule has 0 radical (unpaired) electrons. The number of rotatable bonds is 7. The zero-order valence-electron chi connectivity index (χ0n) is 32.0. The van der Waals surface area contributed by atoms with Crippen LogP contribution in [0.25, 0.3) is 111 Å². The van der Waals surface area contributed by atoms with Gasteiger partial charge in [0.2, 0.25) is 0 Å². The standard InChI is InChI=1S/C55H35N3O/c1-4-15-36(16-5-1)37-29-31-39(32-30-37)49-35-48(38-17-6-2-7-18-38)56-55(57-49)44-24-13-22-42(34-44)41-21-12-23-43(33-41)45-26-14-27-47-51-46-25-10-11-28-50(46)59-54(51)52(58-53(45)47)40-19-8-3-9-20-40/h1-35H. The highest BCUT2D eigenvalue weighted by Crippen LogP contribution is 2.42. The maximum Gasteiger partial charge on any atom is 0.162 e. The molecule has 0 saturated carbocycles. The fourth-order valence-corrected chi connectivity index (χ4v) is 8.18. The summed E-state index contributed by atoms with van der Waals surface area (Å²) in [5, 5.41) is 3.23. The van der Waals surface area contributed by atoms with E-state index >= 15 is 0 Å². The van der Waals surface area contributed by atoms with Crippen molar-refractivity contribution in [3.8, 4) is 78.5 Å². The Morgan fingerprint density at radius 2 is 0.814 bits per heavy atom. The lowest BCUT2D eigenvalue weighted by molar-refractivity contribution is 0.669. The fraction of sp³-hybridized carbons (Fsp3) is 0. The van der Waals surface area contributed by atoms with Crippen LogP contribution in [0.2, 0.25) is 0 Å². The van der Waals surface area contributed by atoms with Gasteiger partial charge in [-0.2, -0.15) is 0 Å². The first-order chi connectivity index (χ1) is 29.2. The summed E-state index contributed by atoms with van der Waals surface area (Å²) < 4.78 is 6.53. The van der Waals surface area contributed by atoms with Crippen LogP contribution in [-0.4, -0.2) is 15.0 Å². The van der Waals surface area contributed by atoms with E-state index in [4.69, 9.17) is 19.4 Å². The number of nitrogens with zero attached hydrogens (tertiary/aromatic N) is 3. The molecule has 11 aromatic rings. The highest BCUT2D eigenvalue weighted by atomic mass is 16.3. The maximum absolute atomic E-state index is 6.53. The summed E-state index contributed by atoms with van der Waals surface area (Å²) in [5.74, 6) is 0.676. The first-order valence-electron chi connectivity index (χ1n) is 19.8. The summed E-state index contributed by atoms with van der Waals surface area (Å²) in [6, 6.07) is 73.8. The Morgan fingerprint density at radius 1 is 0.322 bits per heavy atom. The molecule has 0 N–H and O–H groups in total. The first-order valence-corrected chi connectivity index (χ1v) is 19.8.